The molecule has 0 saturated carbocycles. The second kappa shape index (κ2) is 6.10. The van der Waals surface area contributed by atoms with Gasteiger partial charge in [0.15, 0.2) is 5.17 Å². The van der Waals surface area contributed by atoms with Crippen molar-refractivity contribution in [2.75, 3.05) is 19.8 Å². The lowest BCUT2D eigenvalue weighted by Gasteiger charge is -2.28. The highest BCUT2D eigenvalue weighted by Crippen LogP contribution is 2.27. The van der Waals surface area contributed by atoms with Gasteiger partial charge in [-0.3, -0.25) is 4.99 Å². The van der Waals surface area contributed by atoms with Crippen LogP contribution in [0.3, 0.4) is 0 Å². The summed E-state index contributed by atoms with van der Waals surface area (Å²) < 4.78 is 5.41. The van der Waals surface area contributed by atoms with E-state index in [4.69, 9.17) is 4.74 Å². The van der Waals surface area contributed by atoms with E-state index in [1.165, 1.54) is 12.8 Å². The van der Waals surface area contributed by atoms with Gasteiger partial charge in [-0.15, -0.1) is 0 Å². The van der Waals surface area contributed by atoms with Crippen LogP contribution in [0, 0.1) is 11.8 Å². The van der Waals surface area contributed by atoms with Crippen LogP contribution < -0.4 is 5.32 Å². The fourth-order valence-corrected chi connectivity index (χ4v) is 3.46. The van der Waals surface area contributed by atoms with Crippen LogP contribution in [0.1, 0.15) is 33.6 Å². The van der Waals surface area contributed by atoms with Gasteiger partial charge in [0, 0.05) is 24.5 Å². The van der Waals surface area contributed by atoms with Crippen LogP contribution in [0.2, 0.25) is 0 Å². The van der Waals surface area contributed by atoms with Crippen molar-refractivity contribution in [3.05, 3.63) is 0 Å². The highest BCUT2D eigenvalue weighted by atomic mass is 32.2. The standard InChI is InChI=1S/C13H24N2OS/c1-9(2)12-8-14-13(17-12)15-10(3)11-4-6-16-7-5-11/h9-12H,4-8H2,1-3H3,(H,14,15). The third-order valence-corrected chi connectivity index (χ3v) is 5.21. The number of rotatable bonds is 3. The number of aliphatic imine (C=N–C) groups is 1. The van der Waals surface area contributed by atoms with Gasteiger partial charge in [0.25, 0.3) is 0 Å². The molecule has 2 heterocycles. The Morgan fingerprint density at radius 3 is 2.59 bits per heavy atom. The Morgan fingerprint density at radius 1 is 1.29 bits per heavy atom. The molecule has 3 nitrogen and oxygen atoms in total. The molecule has 1 saturated heterocycles. The Bertz CT molecular complexity index is 275. The van der Waals surface area contributed by atoms with Gasteiger partial charge in [-0.2, -0.15) is 0 Å². The van der Waals surface area contributed by atoms with Gasteiger partial charge >= 0.3 is 0 Å². The number of thioether (sulfide) groups is 1. The molecule has 2 aliphatic heterocycles. The maximum absolute atomic E-state index is 5.41. The summed E-state index contributed by atoms with van der Waals surface area (Å²) >= 11 is 1.92. The van der Waals surface area contributed by atoms with E-state index in [1.807, 2.05) is 11.8 Å². The quantitative estimate of drug-likeness (QED) is 0.842. The van der Waals surface area contributed by atoms with Crippen molar-refractivity contribution in [3.63, 3.8) is 0 Å². The maximum Gasteiger partial charge on any atom is 0.157 e. The van der Waals surface area contributed by atoms with Gasteiger partial charge in [0.05, 0.1) is 6.54 Å². The Balaban J connectivity index is 1.77. The monoisotopic (exact) mass is 256 g/mol. The summed E-state index contributed by atoms with van der Waals surface area (Å²) in [5, 5.41) is 5.41. The molecular weight excluding hydrogens is 232 g/mol. The molecule has 0 aromatic rings. The van der Waals surface area contributed by atoms with Gasteiger partial charge in [-0.05, 0) is 31.6 Å². The summed E-state index contributed by atoms with van der Waals surface area (Å²) in [5.74, 6) is 1.45. The van der Waals surface area contributed by atoms with Crippen LogP contribution in [0.15, 0.2) is 4.99 Å². The van der Waals surface area contributed by atoms with E-state index in [0.29, 0.717) is 17.2 Å². The summed E-state index contributed by atoms with van der Waals surface area (Å²) in [6.45, 7) is 9.65. The number of hydrogen-bond acceptors (Lipinski definition) is 4. The molecule has 4 heteroatoms. The molecule has 0 bridgehead atoms. The van der Waals surface area contributed by atoms with Crippen molar-refractivity contribution in [1.82, 2.24) is 5.32 Å². The van der Waals surface area contributed by atoms with Gasteiger partial charge < -0.3 is 10.1 Å². The molecule has 2 rings (SSSR count). The molecular formula is C13H24N2OS. The molecule has 2 aliphatic rings. The first-order valence-electron chi connectivity index (χ1n) is 6.72. The van der Waals surface area contributed by atoms with Crippen molar-refractivity contribution >= 4 is 16.9 Å². The highest BCUT2D eigenvalue weighted by molar-refractivity contribution is 8.14. The maximum atomic E-state index is 5.41. The minimum absolute atomic E-state index is 0.524. The van der Waals surface area contributed by atoms with Crippen LogP contribution in [0.4, 0.5) is 0 Å². The van der Waals surface area contributed by atoms with Crippen LogP contribution in [-0.4, -0.2) is 36.2 Å². The minimum Gasteiger partial charge on any atom is -0.381 e. The van der Waals surface area contributed by atoms with E-state index in [-0.39, 0.29) is 0 Å². The van der Waals surface area contributed by atoms with Crippen LogP contribution in [0.5, 0.6) is 0 Å². The summed E-state index contributed by atoms with van der Waals surface area (Å²) in [6.07, 6.45) is 2.36. The largest absolute Gasteiger partial charge is 0.381 e. The van der Waals surface area contributed by atoms with Crippen LogP contribution in [-0.2, 0) is 4.74 Å². The molecule has 98 valence electrons. The number of amidine groups is 1. The summed E-state index contributed by atoms with van der Waals surface area (Å²) in [5.41, 5.74) is 0. The Hall–Kier alpha value is -0.220. The van der Waals surface area contributed by atoms with Crippen molar-refractivity contribution < 1.29 is 4.74 Å². The third-order valence-electron chi connectivity index (χ3n) is 3.75. The van der Waals surface area contributed by atoms with Gasteiger partial charge in [-0.25, -0.2) is 0 Å². The first-order chi connectivity index (χ1) is 8.16. The smallest absolute Gasteiger partial charge is 0.157 e. The van der Waals surface area contributed by atoms with Gasteiger partial charge in [-0.1, -0.05) is 25.6 Å². The second-order valence-corrected chi connectivity index (χ2v) is 6.66. The van der Waals surface area contributed by atoms with Crippen LogP contribution >= 0.6 is 11.8 Å². The second-order valence-electron chi connectivity index (χ2n) is 5.43. The van der Waals surface area contributed by atoms with Crippen molar-refractivity contribution in [2.45, 2.75) is 44.9 Å². The number of hydrogen-bond donors (Lipinski definition) is 1. The molecule has 1 N–H and O–H groups in total. The van der Waals surface area contributed by atoms with E-state index >= 15 is 0 Å². The molecule has 2 unspecified atom stereocenters. The SMILES string of the molecule is CC(C)C1CN=C(NC(C)C2CCOCC2)S1. The zero-order valence-electron chi connectivity index (χ0n) is 11.1. The molecule has 0 aliphatic carbocycles. The number of nitrogens with zero attached hydrogens (tertiary/aromatic N) is 1. The normalized spacial score (nSPS) is 28.2. The summed E-state index contributed by atoms with van der Waals surface area (Å²) in [4.78, 5) is 4.61. The molecule has 0 radical (unpaired) electrons. The molecule has 0 amide bonds. The van der Waals surface area contributed by atoms with Crippen molar-refractivity contribution in [2.24, 2.45) is 16.8 Å². The lowest BCUT2D eigenvalue weighted by atomic mass is 9.93. The molecule has 2 atom stereocenters. The third kappa shape index (κ3) is 3.62. The number of nitrogens with one attached hydrogen (secondary N) is 1. The van der Waals surface area contributed by atoms with E-state index in [9.17, 15) is 0 Å². The highest BCUT2D eigenvalue weighted by Gasteiger charge is 2.26. The fourth-order valence-electron chi connectivity index (χ4n) is 2.35. The van der Waals surface area contributed by atoms with Crippen molar-refractivity contribution in [3.8, 4) is 0 Å². The predicted octanol–water partition coefficient (Wildman–Crippen LogP) is 2.52. The molecule has 0 aromatic carbocycles. The topological polar surface area (TPSA) is 33.6 Å². The molecule has 0 aromatic heterocycles. The minimum atomic E-state index is 0.524. The average Bonchev–Trinajstić information content (AvgIpc) is 2.79. The first-order valence-corrected chi connectivity index (χ1v) is 7.60. The average molecular weight is 256 g/mol. The van der Waals surface area contributed by atoms with Gasteiger partial charge in [0.1, 0.15) is 0 Å². The number of ether oxygens (including phenoxy) is 1. The van der Waals surface area contributed by atoms with Crippen LogP contribution in [0.25, 0.3) is 0 Å². The van der Waals surface area contributed by atoms with E-state index in [0.717, 1.165) is 30.8 Å². The lowest BCUT2D eigenvalue weighted by molar-refractivity contribution is 0.0583. The molecule has 0 spiro atoms. The zero-order chi connectivity index (χ0) is 12.3. The molecule has 1 fully saturated rings. The van der Waals surface area contributed by atoms with E-state index in [1.54, 1.807) is 0 Å². The Kier molecular flexibility index (Phi) is 4.74. The summed E-state index contributed by atoms with van der Waals surface area (Å²) in [6, 6.07) is 0.524. The Morgan fingerprint density at radius 2 is 2.00 bits per heavy atom. The zero-order valence-corrected chi connectivity index (χ0v) is 11.9. The summed E-state index contributed by atoms with van der Waals surface area (Å²) in [7, 11) is 0. The Labute approximate surface area is 109 Å². The van der Waals surface area contributed by atoms with Gasteiger partial charge in [0.2, 0.25) is 0 Å². The fraction of sp³-hybridized carbons (Fsp3) is 0.923. The molecule has 17 heavy (non-hydrogen) atoms. The lowest BCUT2D eigenvalue weighted by Crippen LogP contribution is -2.39. The predicted molar refractivity (Wildman–Crippen MR) is 74.7 cm³/mol. The van der Waals surface area contributed by atoms with Crippen molar-refractivity contribution in [1.29, 1.82) is 0 Å². The first kappa shape index (κ1) is 13.2. The van der Waals surface area contributed by atoms with E-state index in [2.05, 4.69) is 31.1 Å². The van der Waals surface area contributed by atoms with E-state index < -0.39 is 0 Å².